The van der Waals surface area contributed by atoms with Gasteiger partial charge in [0.2, 0.25) is 0 Å². The minimum absolute atomic E-state index is 0.268. The molecule has 0 aliphatic heterocycles. The number of hydrogen-bond donors (Lipinski definition) is 0. The minimum Gasteiger partial charge on any atom is -0.406 e. The number of rotatable bonds is 9. The molecular formula is C21H23F5O2. The van der Waals surface area contributed by atoms with Gasteiger partial charge in [0.1, 0.15) is 5.75 Å². The van der Waals surface area contributed by atoms with Gasteiger partial charge in [0, 0.05) is 0 Å². The van der Waals surface area contributed by atoms with Gasteiger partial charge in [-0.3, -0.25) is 0 Å². The van der Waals surface area contributed by atoms with E-state index >= 15 is 0 Å². The summed E-state index contributed by atoms with van der Waals surface area (Å²) < 4.78 is 74.1. The van der Waals surface area contributed by atoms with Crippen LogP contribution >= 0.6 is 0 Å². The molecule has 0 aliphatic rings. The van der Waals surface area contributed by atoms with Gasteiger partial charge in [-0.1, -0.05) is 56.2 Å². The zero-order valence-electron chi connectivity index (χ0n) is 15.7. The van der Waals surface area contributed by atoms with E-state index in [9.17, 15) is 22.0 Å². The van der Waals surface area contributed by atoms with Gasteiger partial charge in [0.25, 0.3) is 0 Å². The molecule has 0 spiro atoms. The number of aryl methyl sites for hydroxylation is 1. The molecule has 0 aromatic heterocycles. The summed E-state index contributed by atoms with van der Waals surface area (Å²) in [5.74, 6) is -0.422. The maximum absolute atomic E-state index is 14.4. The lowest BCUT2D eigenvalue weighted by atomic mass is 10.0. The minimum atomic E-state index is -4.81. The van der Waals surface area contributed by atoms with Gasteiger partial charge >= 0.3 is 12.5 Å². The Morgan fingerprint density at radius 1 is 0.857 bits per heavy atom. The molecule has 0 radical (unpaired) electrons. The topological polar surface area (TPSA) is 18.5 Å². The summed E-state index contributed by atoms with van der Waals surface area (Å²) in [6.45, 7) is 3.51. The van der Waals surface area contributed by atoms with Crippen molar-refractivity contribution in [2.75, 3.05) is 0 Å². The quantitative estimate of drug-likeness (QED) is 0.328. The van der Waals surface area contributed by atoms with Crippen LogP contribution in [0.3, 0.4) is 0 Å². The highest BCUT2D eigenvalue weighted by molar-refractivity contribution is 5.29. The van der Waals surface area contributed by atoms with E-state index in [0.717, 1.165) is 43.4 Å². The van der Waals surface area contributed by atoms with Gasteiger partial charge in [-0.25, -0.2) is 0 Å². The van der Waals surface area contributed by atoms with Gasteiger partial charge in [0.15, 0.2) is 0 Å². The van der Waals surface area contributed by atoms with Crippen LogP contribution in [0.4, 0.5) is 22.0 Å². The first-order valence-electron chi connectivity index (χ1n) is 9.11. The Hall–Kier alpha value is -2.15. The molecule has 2 nitrogen and oxygen atoms in total. The van der Waals surface area contributed by atoms with Crippen LogP contribution in [0.15, 0.2) is 48.5 Å². The number of benzene rings is 2. The predicted octanol–water partition coefficient (Wildman–Crippen LogP) is 7.15. The second-order valence-electron chi connectivity index (χ2n) is 6.55. The monoisotopic (exact) mass is 402 g/mol. The second kappa shape index (κ2) is 9.37. The normalized spacial score (nSPS) is 13.4. The van der Waals surface area contributed by atoms with Crippen LogP contribution in [-0.4, -0.2) is 6.36 Å². The fraction of sp³-hybridized carbons (Fsp3) is 0.429. The molecule has 2 aromatic rings. The highest BCUT2D eigenvalue weighted by Crippen LogP contribution is 2.36. The van der Waals surface area contributed by atoms with Gasteiger partial charge < -0.3 is 9.47 Å². The smallest absolute Gasteiger partial charge is 0.406 e. The van der Waals surface area contributed by atoms with E-state index in [4.69, 9.17) is 4.74 Å². The zero-order valence-corrected chi connectivity index (χ0v) is 15.7. The highest BCUT2D eigenvalue weighted by atomic mass is 19.4. The van der Waals surface area contributed by atoms with Crippen molar-refractivity contribution in [1.29, 1.82) is 0 Å². The molecule has 1 unspecified atom stereocenters. The maximum atomic E-state index is 14.4. The zero-order chi connectivity index (χ0) is 20.8. The van der Waals surface area contributed by atoms with Crippen molar-refractivity contribution in [1.82, 2.24) is 0 Å². The Kier molecular flexibility index (Phi) is 7.41. The Morgan fingerprint density at radius 2 is 1.46 bits per heavy atom. The van der Waals surface area contributed by atoms with Crippen LogP contribution in [0.2, 0.25) is 0 Å². The third kappa shape index (κ3) is 6.78. The third-order valence-corrected chi connectivity index (χ3v) is 4.27. The van der Waals surface area contributed by atoms with Crippen LogP contribution in [0.1, 0.15) is 55.9 Å². The lowest BCUT2D eigenvalue weighted by molar-refractivity contribution is -0.274. The number of halogens is 5. The molecule has 154 valence electrons. The molecule has 2 rings (SSSR count). The SMILES string of the molecule is CCCCCc1ccc(C(F)(F)OC(C)c2ccc(OC(F)(F)F)cc2)cc1. The van der Waals surface area contributed by atoms with Crippen LogP contribution in [0, 0.1) is 0 Å². The van der Waals surface area contributed by atoms with Gasteiger partial charge in [-0.05, 0) is 43.0 Å². The Morgan fingerprint density at radius 3 is 2.00 bits per heavy atom. The number of alkyl halides is 5. The second-order valence-corrected chi connectivity index (χ2v) is 6.55. The first-order chi connectivity index (χ1) is 13.1. The standard InChI is InChI=1S/C21H23F5O2/c1-3-4-5-6-16-7-11-18(12-8-16)20(22,23)27-15(2)17-9-13-19(14-10-17)28-21(24,25)26/h7-15H,3-6H2,1-2H3. The van der Waals surface area contributed by atoms with E-state index in [-0.39, 0.29) is 5.56 Å². The largest absolute Gasteiger partial charge is 0.573 e. The van der Waals surface area contributed by atoms with E-state index < -0.39 is 24.3 Å². The average Bonchev–Trinajstić information content (AvgIpc) is 2.61. The summed E-state index contributed by atoms with van der Waals surface area (Å²) in [5.41, 5.74) is 1.03. The Bertz CT molecular complexity index is 724. The summed E-state index contributed by atoms with van der Waals surface area (Å²) in [7, 11) is 0. The van der Waals surface area contributed by atoms with Crippen molar-refractivity contribution in [3.63, 3.8) is 0 Å². The summed E-state index contributed by atoms with van der Waals surface area (Å²) >= 11 is 0. The number of hydrogen-bond acceptors (Lipinski definition) is 2. The summed E-state index contributed by atoms with van der Waals surface area (Å²) in [5, 5.41) is 0. The summed E-state index contributed by atoms with van der Waals surface area (Å²) in [6.07, 6.45) is -5.34. The molecule has 0 fully saturated rings. The van der Waals surface area contributed by atoms with E-state index in [1.807, 2.05) is 0 Å². The van der Waals surface area contributed by atoms with Gasteiger partial charge in [-0.2, -0.15) is 8.78 Å². The fourth-order valence-electron chi connectivity index (χ4n) is 2.74. The molecule has 0 amide bonds. The Balaban J connectivity index is 2.00. The lowest BCUT2D eigenvalue weighted by Gasteiger charge is -2.22. The average molecular weight is 402 g/mol. The van der Waals surface area contributed by atoms with Crippen molar-refractivity contribution >= 4 is 0 Å². The maximum Gasteiger partial charge on any atom is 0.573 e. The van der Waals surface area contributed by atoms with Crippen molar-refractivity contribution in [2.24, 2.45) is 0 Å². The fourth-order valence-corrected chi connectivity index (χ4v) is 2.74. The molecule has 0 saturated heterocycles. The van der Waals surface area contributed by atoms with Crippen molar-refractivity contribution in [3.05, 3.63) is 65.2 Å². The number of unbranched alkanes of at least 4 members (excludes halogenated alkanes) is 2. The van der Waals surface area contributed by atoms with Gasteiger partial charge in [0.05, 0.1) is 11.7 Å². The van der Waals surface area contributed by atoms with Crippen molar-refractivity contribution < 1.29 is 31.4 Å². The molecule has 7 heteroatoms. The highest BCUT2D eigenvalue weighted by Gasteiger charge is 2.35. The molecular weight excluding hydrogens is 379 g/mol. The van der Waals surface area contributed by atoms with Crippen LogP contribution in [0.5, 0.6) is 5.75 Å². The first-order valence-corrected chi connectivity index (χ1v) is 9.11. The first kappa shape index (κ1) is 22.1. The molecule has 28 heavy (non-hydrogen) atoms. The third-order valence-electron chi connectivity index (χ3n) is 4.27. The van der Waals surface area contributed by atoms with E-state index in [0.29, 0.717) is 5.56 Å². The molecule has 0 bridgehead atoms. The molecule has 1 atom stereocenters. The van der Waals surface area contributed by atoms with Gasteiger partial charge in [-0.15, -0.1) is 13.2 Å². The molecule has 0 aliphatic carbocycles. The predicted molar refractivity (Wildman–Crippen MR) is 96.2 cm³/mol. The molecule has 0 heterocycles. The lowest BCUT2D eigenvalue weighted by Crippen LogP contribution is -2.20. The molecule has 2 aromatic carbocycles. The van der Waals surface area contributed by atoms with Crippen molar-refractivity contribution in [2.45, 2.75) is 58.1 Å². The molecule has 0 N–H and O–H groups in total. The van der Waals surface area contributed by atoms with Crippen molar-refractivity contribution in [3.8, 4) is 5.75 Å². The van der Waals surface area contributed by atoms with Crippen LogP contribution < -0.4 is 4.74 Å². The number of ether oxygens (including phenoxy) is 2. The van der Waals surface area contributed by atoms with E-state index in [2.05, 4.69) is 11.7 Å². The summed E-state index contributed by atoms with van der Waals surface area (Å²) in [4.78, 5) is 0. The molecule has 0 saturated carbocycles. The summed E-state index contributed by atoms with van der Waals surface area (Å²) in [6, 6.07) is 10.7. The van der Waals surface area contributed by atoms with E-state index in [1.54, 1.807) is 12.1 Å². The van der Waals surface area contributed by atoms with E-state index in [1.165, 1.54) is 31.2 Å². The van der Waals surface area contributed by atoms with Crippen LogP contribution in [0.25, 0.3) is 0 Å². The van der Waals surface area contributed by atoms with Crippen LogP contribution in [-0.2, 0) is 17.3 Å². The Labute approximate surface area is 161 Å².